The van der Waals surface area contributed by atoms with Crippen LogP contribution in [0.3, 0.4) is 0 Å². The van der Waals surface area contributed by atoms with E-state index in [1.807, 2.05) is 20.0 Å². The van der Waals surface area contributed by atoms with E-state index in [-0.39, 0.29) is 5.56 Å². The summed E-state index contributed by atoms with van der Waals surface area (Å²) in [6.45, 7) is 7.10. The lowest BCUT2D eigenvalue weighted by Crippen LogP contribution is -2.49. The van der Waals surface area contributed by atoms with Crippen LogP contribution in [0.1, 0.15) is 46.6 Å². The van der Waals surface area contributed by atoms with Gasteiger partial charge in [0.25, 0.3) is 5.56 Å². The predicted molar refractivity (Wildman–Crippen MR) is 75.8 cm³/mol. The summed E-state index contributed by atoms with van der Waals surface area (Å²) in [5.41, 5.74) is -0.785. The molecular formula is C14H21BNO3. The Balaban J connectivity index is 2.08. The third-order valence-corrected chi connectivity index (χ3v) is 3.86. The third kappa shape index (κ3) is 3.28. The minimum atomic E-state index is -0.950. The lowest BCUT2D eigenvalue weighted by atomic mass is 9.83. The lowest BCUT2D eigenvalue weighted by Gasteiger charge is -2.37. The fourth-order valence-electron chi connectivity index (χ4n) is 1.59. The molecule has 1 aromatic rings. The molecule has 4 nitrogen and oxygen atoms in total. The first-order valence-corrected chi connectivity index (χ1v) is 6.66. The zero-order valence-corrected chi connectivity index (χ0v) is 12.0. The molecule has 1 saturated carbocycles. The van der Waals surface area contributed by atoms with Gasteiger partial charge >= 0.3 is 7.48 Å². The third-order valence-electron chi connectivity index (χ3n) is 3.86. The molecule has 1 N–H and O–H groups in total. The van der Waals surface area contributed by atoms with E-state index in [2.05, 4.69) is 0 Å². The first kappa shape index (κ1) is 14.3. The topological polar surface area (TPSA) is 51.5 Å². The van der Waals surface area contributed by atoms with Gasteiger partial charge in [0.15, 0.2) is 0 Å². The van der Waals surface area contributed by atoms with Gasteiger partial charge in [-0.3, -0.25) is 4.79 Å². The van der Waals surface area contributed by atoms with Crippen molar-refractivity contribution in [1.29, 1.82) is 0 Å². The fourth-order valence-corrected chi connectivity index (χ4v) is 1.59. The highest BCUT2D eigenvalue weighted by Gasteiger charge is 2.35. The second-order valence-corrected chi connectivity index (χ2v) is 6.24. The Kier molecular flexibility index (Phi) is 3.62. The van der Waals surface area contributed by atoms with E-state index >= 15 is 0 Å². The van der Waals surface area contributed by atoms with Gasteiger partial charge in [0.2, 0.25) is 0 Å². The van der Waals surface area contributed by atoms with Gasteiger partial charge in [-0.1, -0.05) is 6.07 Å². The number of aromatic nitrogens is 1. The number of nitrogens with zero attached hydrogens (tertiary/aromatic N) is 1. The summed E-state index contributed by atoms with van der Waals surface area (Å²) in [7, 11) is 1.61. The molecule has 0 spiro atoms. The van der Waals surface area contributed by atoms with Gasteiger partial charge in [-0.05, 0) is 46.0 Å². The number of hydrogen-bond acceptors (Lipinski definition) is 3. The van der Waals surface area contributed by atoms with Crippen molar-refractivity contribution in [3.05, 3.63) is 28.7 Å². The van der Waals surface area contributed by atoms with E-state index < -0.39 is 11.2 Å². The summed E-state index contributed by atoms with van der Waals surface area (Å²) in [5.74, 6) is 0. The first-order chi connectivity index (χ1) is 8.71. The number of aliphatic hydroxyl groups is 1. The lowest BCUT2D eigenvalue weighted by molar-refractivity contribution is -0.0893. The Morgan fingerprint density at radius 2 is 1.95 bits per heavy atom. The summed E-state index contributed by atoms with van der Waals surface area (Å²) in [5, 5.41) is 10.0. The molecule has 1 aromatic heterocycles. The molecular weight excluding hydrogens is 241 g/mol. The molecule has 5 heteroatoms. The van der Waals surface area contributed by atoms with Gasteiger partial charge in [0.05, 0.1) is 11.2 Å². The summed E-state index contributed by atoms with van der Waals surface area (Å²) in [6.07, 6.45) is 3.96. The maximum atomic E-state index is 11.7. The Hall–Kier alpha value is -1.07. The molecule has 0 amide bonds. The van der Waals surface area contributed by atoms with Crippen LogP contribution in [0.25, 0.3) is 0 Å². The summed E-state index contributed by atoms with van der Waals surface area (Å²) in [6, 6.07) is 3.65. The van der Waals surface area contributed by atoms with Gasteiger partial charge in [0.1, 0.15) is 0 Å². The quantitative estimate of drug-likeness (QED) is 0.805. The average Bonchev–Trinajstić information content (AvgIpc) is 3.10. The van der Waals surface area contributed by atoms with Gasteiger partial charge < -0.3 is 14.3 Å². The molecule has 0 unspecified atom stereocenters. The molecule has 1 fully saturated rings. The Bertz CT molecular complexity index is 512. The van der Waals surface area contributed by atoms with Gasteiger partial charge in [-0.2, -0.15) is 0 Å². The highest BCUT2D eigenvalue weighted by atomic mass is 16.5. The van der Waals surface area contributed by atoms with Crippen LogP contribution in [0.15, 0.2) is 23.1 Å². The molecule has 0 bridgehead atoms. The van der Waals surface area contributed by atoms with Crippen LogP contribution in [-0.2, 0) is 4.65 Å². The summed E-state index contributed by atoms with van der Waals surface area (Å²) < 4.78 is 7.44. The SMILES string of the molecule is CC(C)(O)C(C)(C)O[B]c1ccc(=O)n(C2CC2)c1. The zero-order chi connectivity index (χ0) is 14.3. The number of rotatable bonds is 5. The van der Waals surface area contributed by atoms with E-state index in [1.165, 1.54) is 0 Å². The van der Waals surface area contributed by atoms with Crippen molar-refractivity contribution in [2.24, 2.45) is 0 Å². The molecule has 1 aliphatic carbocycles. The van der Waals surface area contributed by atoms with Crippen molar-refractivity contribution in [3.63, 3.8) is 0 Å². The van der Waals surface area contributed by atoms with Gasteiger partial charge in [0, 0.05) is 18.3 Å². The Morgan fingerprint density at radius 3 is 2.47 bits per heavy atom. The van der Waals surface area contributed by atoms with Gasteiger partial charge in [-0.25, -0.2) is 0 Å². The van der Waals surface area contributed by atoms with Crippen LogP contribution >= 0.6 is 0 Å². The van der Waals surface area contributed by atoms with E-state index in [9.17, 15) is 9.90 Å². The van der Waals surface area contributed by atoms with E-state index in [0.29, 0.717) is 6.04 Å². The van der Waals surface area contributed by atoms with Crippen molar-refractivity contribution in [2.75, 3.05) is 0 Å². The maximum Gasteiger partial charge on any atom is 0.332 e. The van der Waals surface area contributed by atoms with Crippen LogP contribution in [0, 0.1) is 0 Å². The number of pyridine rings is 1. The normalized spacial score (nSPS) is 16.5. The van der Waals surface area contributed by atoms with E-state index in [1.54, 1.807) is 38.0 Å². The first-order valence-electron chi connectivity index (χ1n) is 6.66. The second kappa shape index (κ2) is 4.80. The van der Waals surface area contributed by atoms with Crippen molar-refractivity contribution >= 4 is 12.9 Å². The Morgan fingerprint density at radius 1 is 1.32 bits per heavy atom. The van der Waals surface area contributed by atoms with Crippen LogP contribution in [0.4, 0.5) is 0 Å². The molecule has 0 aliphatic heterocycles. The fraction of sp³-hybridized carbons (Fsp3) is 0.643. The Labute approximate surface area is 114 Å². The second-order valence-electron chi connectivity index (χ2n) is 6.24. The van der Waals surface area contributed by atoms with Crippen molar-refractivity contribution in [1.82, 2.24) is 4.57 Å². The average molecular weight is 262 g/mol. The van der Waals surface area contributed by atoms with Crippen LogP contribution in [0.5, 0.6) is 0 Å². The molecule has 1 heterocycles. The van der Waals surface area contributed by atoms with Gasteiger partial charge in [-0.15, -0.1) is 0 Å². The molecule has 0 aromatic carbocycles. The van der Waals surface area contributed by atoms with Crippen LogP contribution < -0.4 is 11.0 Å². The minimum Gasteiger partial charge on any atom is -0.427 e. The molecule has 1 radical (unpaired) electrons. The zero-order valence-electron chi connectivity index (χ0n) is 12.0. The van der Waals surface area contributed by atoms with Crippen molar-refractivity contribution < 1.29 is 9.76 Å². The molecule has 2 rings (SSSR count). The minimum absolute atomic E-state index is 0.0291. The molecule has 0 atom stereocenters. The van der Waals surface area contributed by atoms with Crippen molar-refractivity contribution in [3.8, 4) is 0 Å². The van der Waals surface area contributed by atoms with E-state index in [0.717, 1.165) is 18.3 Å². The predicted octanol–water partition coefficient (Wildman–Crippen LogP) is 0.994. The smallest absolute Gasteiger partial charge is 0.332 e. The summed E-state index contributed by atoms with van der Waals surface area (Å²) in [4.78, 5) is 11.7. The standard InChI is InChI=1S/C14H21BNO3/c1-13(2,18)14(3,4)19-15-10-5-8-12(17)16(9-10)11-6-7-11/h5,8-9,11,18H,6-7H2,1-4H3. The summed E-state index contributed by atoms with van der Waals surface area (Å²) >= 11 is 0. The van der Waals surface area contributed by atoms with Crippen LogP contribution in [-0.4, -0.2) is 28.4 Å². The van der Waals surface area contributed by atoms with E-state index in [4.69, 9.17) is 4.65 Å². The highest BCUT2D eigenvalue weighted by Crippen LogP contribution is 2.32. The maximum absolute atomic E-state index is 11.7. The van der Waals surface area contributed by atoms with Crippen LogP contribution in [0.2, 0.25) is 0 Å². The molecule has 0 saturated heterocycles. The van der Waals surface area contributed by atoms with Crippen molar-refractivity contribution in [2.45, 2.75) is 57.8 Å². The highest BCUT2D eigenvalue weighted by molar-refractivity contribution is 6.46. The molecule has 103 valence electrons. The monoisotopic (exact) mass is 262 g/mol. The molecule has 1 aliphatic rings. The number of hydrogen-bond donors (Lipinski definition) is 1. The molecule has 19 heavy (non-hydrogen) atoms. The largest absolute Gasteiger partial charge is 0.427 e.